The minimum atomic E-state index is -0.0104. The third-order valence-electron chi connectivity index (χ3n) is 3.77. The van der Waals surface area contributed by atoms with Crippen molar-refractivity contribution in [2.75, 3.05) is 6.54 Å². The molecule has 0 bridgehead atoms. The Labute approximate surface area is 145 Å². The van der Waals surface area contributed by atoms with E-state index in [1.165, 1.54) is 5.01 Å². The molecule has 0 radical (unpaired) electrons. The van der Waals surface area contributed by atoms with Crippen LogP contribution in [-0.2, 0) is 11.2 Å². The summed E-state index contributed by atoms with van der Waals surface area (Å²) in [5, 5.41) is 7.17. The maximum atomic E-state index is 12.4. The van der Waals surface area contributed by atoms with E-state index in [1.807, 2.05) is 31.2 Å². The van der Waals surface area contributed by atoms with Crippen molar-refractivity contribution in [3.63, 3.8) is 0 Å². The van der Waals surface area contributed by atoms with Crippen molar-refractivity contribution >= 4 is 34.8 Å². The Kier molecular flexibility index (Phi) is 4.69. The third kappa shape index (κ3) is 3.74. The molecule has 0 unspecified atom stereocenters. The zero-order chi connectivity index (χ0) is 16.4. The molecule has 118 valence electrons. The number of nitrogens with zero attached hydrogens (tertiary/aromatic N) is 2. The van der Waals surface area contributed by atoms with E-state index in [4.69, 9.17) is 23.2 Å². The molecular weight excluding hydrogens is 331 g/mol. The van der Waals surface area contributed by atoms with Crippen molar-refractivity contribution in [3.8, 4) is 0 Å². The highest BCUT2D eigenvalue weighted by molar-refractivity contribution is 6.36. The van der Waals surface area contributed by atoms with Crippen molar-refractivity contribution in [2.45, 2.75) is 19.8 Å². The van der Waals surface area contributed by atoms with Crippen LogP contribution in [0.1, 0.15) is 23.1 Å². The van der Waals surface area contributed by atoms with Gasteiger partial charge in [-0.3, -0.25) is 4.79 Å². The number of halogens is 2. The van der Waals surface area contributed by atoms with Gasteiger partial charge in [0.1, 0.15) is 0 Å². The molecule has 2 aromatic rings. The first-order chi connectivity index (χ1) is 11.0. The molecule has 3 rings (SSSR count). The van der Waals surface area contributed by atoms with Gasteiger partial charge in [-0.1, -0.05) is 53.0 Å². The van der Waals surface area contributed by atoms with Crippen molar-refractivity contribution in [3.05, 3.63) is 69.2 Å². The van der Waals surface area contributed by atoms with E-state index < -0.39 is 0 Å². The molecule has 0 saturated heterocycles. The normalized spacial score (nSPS) is 14.0. The lowest BCUT2D eigenvalue weighted by Gasteiger charge is -2.11. The standard InChI is InChI=1S/C18H16Cl2N2O/c1-12-3-2-4-13(9-12)10-18(23)22-8-7-17(21-22)15-11-14(19)5-6-16(15)20/h2-6,9,11H,7-8,10H2,1H3. The highest BCUT2D eigenvalue weighted by Gasteiger charge is 2.23. The first kappa shape index (κ1) is 16.0. The molecule has 2 aromatic carbocycles. The predicted molar refractivity (Wildman–Crippen MR) is 94.2 cm³/mol. The Morgan fingerprint density at radius 3 is 2.83 bits per heavy atom. The Balaban J connectivity index is 1.76. The zero-order valence-electron chi connectivity index (χ0n) is 12.7. The number of hydrogen-bond acceptors (Lipinski definition) is 2. The second-order valence-corrected chi connectivity index (χ2v) is 6.45. The largest absolute Gasteiger partial charge is 0.273 e. The third-order valence-corrected chi connectivity index (χ3v) is 4.33. The van der Waals surface area contributed by atoms with Gasteiger partial charge >= 0.3 is 0 Å². The molecule has 1 amide bonds. The summed E-state index contributed by atoms with van der Waals surface area (Å²) in [6, 6.07) is 13.2. The minimum Gasteiger partial charge on any atom is -0.273 e. The second kappa shape index (κ2) is 6.73. The van der Waals surface area contributed by atoms with E-state index >= 15 is 0 Å². The number of rotatable bonds is 3. The highest BCUT2D eigenvalue weighted by Crippen LogP contribution is 2.25. The summed E-state index contributed by atoms with van der Waals surface area (Å²) in [5.74, 6) is -0.0104. The number of benzene rings is 2. The molecular formula is C18H16Cl2N2O. The lowest BCUT2D eigenvalue weighted by Crippen LogP contribution is -2.25. The summed E-state index contributed by atoms with van der Waals surface area (Å²) in [4.78, 5) is 12.4. The van der Waals surface area contributed by atoms with Gasteiger partial charge in [-0.2, -0.15) is 5.10 Å². The topological polar surface area (TPSA) is 32.7 Å². The Bertz CT molecular complexity index is 786. The fourth-order valence-electron chi connectivity index (χ4n) is 2.63. The first-order valence-electron chi connectivity index (χ1n) is 7.42. The lowest BCUT2D eigenvalue weighted by atomic mass is 10.1. The van der Waals surface area contributed by atoms with Gasteiger partial charge in [0.15, 0.2) is 0 Å². The van der Waals surface area contributed by atoms with Crippen molar-refractivity contribution < 1.29 is 4.79 Å². The van der Waals surface area contributed by atoms with Crippen LogP contribution in [0.25, 0.3) is 0 Å². The van der Waals surface area contributed by atoms with Gasteiger partial charge in [0.2, 0.25) is 5.91 Å². The molecule has 3 nitrogen and oxygen atoms in total. The van der Waals surface area contributed by atoms with Crippen molar-refractivity contribution in [1.82, 2.24) is 5.01 Å². The van der Waals surface area contributed by atoms with Crippen LogP contribution in [0.2, 0.25) is 10.0 Å². The second-order valence-electron chi connectivity index (χ2n) is 5.60. The Hall–Kier alpha value is -1.84. The highest BCUT2D eigenvalue weighted by atomic mass is 35.5. The number of hydrazone groups is 1. The van der Waals surface area contributed by atoms with Crippen LogP contribution in [-0.4, -0.2) is 23.2 Å². The van der Waals surface area contributed by atoms with Gasteiger partial charge in [0.05, 0.1) is 18.7 Å². The Morgan fingerprint density at radius 1 is 1.22 bits per heavy atom. The van der Waals surface area contributed by atoms with E-state index in [9.17, 15) is 4.79 Å². The SMILES string of the molecule is Cc1cccc(CC(=O)N2CCC(c3cc(Cl)ccc3Cl)=N2)c1. The predicted octanol–water partition coefficient (Wildman–Crippen LogP) is 4.48. The van der Waals surface area contributed by atoms with E-state index in [-0.39, 0.29) is 5.91 Å². The molecule has 0 spiro atoms. The monoisotopic (exact) mass is 346 g/mol. The molecule has 1 heterocycles. The number of carbonyl (C=O) groups excluding carboxylic acids is 1. The van der Waals surface area contributed by atoms with E-state index in [1.54, 1.807) is 18.2 Å². The van der Waals surface area contributed by atoms with Gasteiger partial charge in [0.25, 0.3) is 0 Å². The van der Waals surface area contributed by atoms with Crippen LogP contribution in [0, 0.1) is 6.92 Å². The molecule has 0 saturated carbocycles. The van der Waals surface area contributed by atoms with Crippen molar-refractivity contribution in [2.24, 2.45) is 5.10 Å². The minimum absolute atomic E-state index is 0.0104. The van der Waals surface area contributed by atoms with Gasteiger partial charge in [-0.25, -0.2) is 5.01 Å². The summed E-state index contributed by atoms with van der Waals surface area (Å²) in [7, 11) is 0. The zero-order valence-corrected chi connectivity index (χ0v) is 14.2. The summed E-state index contributed by atoms with van der Waals surface area (Å²) in [6.07, 6.45) is 1.03. The quantitative estimate of drug-likeness (QED) is 0.806. The van der Waals surface area contributed by atoms with Gasteiger partial charge < -0.3 is 0 Å². The maximum Gasteiger partial charge on any atom is 0.247 e. The number of hydrogen-bond donors (Lipinski definition) is 0. The summed E-state index contributed by atoms with van der Waals surface area (Å²) in [5.41, 5.74) is 3.74. The van der Waals surface area contributed by atoms with Crippen LogP contribution in [0.5, 0.6) is 0 Å². The van der Waals surface area contributed by atoms with Crippen LogP contribution < -0.4 is 0 Å². The number of aryl methyl sites for hydroxylation is 1. The van der Waals surface area contributed by atoms with E-state index in [0.717, 1.165) is 22.4 Å². The molecule has 1 aliphatic heterocycles. The van der Waals surface area contributed by atoms with Gasteiger partial charge in [-0.05, 0) is 30.7 Å². The van der Waals surface area contributed by atoms with E-state index in [0.29, 0.717) is 29.4 Å². The molecule has 23 heavy (non-hydrogen) atoms. The number of carbonyl (C=O) groups is 1. The van der Waals surface area contributed by atoms with Crippen molar-refractivity contribution in [1.29, 1.82) is 0 Å². The lowest BCUT2D eigenvalue weighted by molar-refractivity contribution is -0.130. The van der Waals surface area contributed by atoms with Gasteiger partial charge in [0, 0.05) is 22.0 Å². The fourth-order valence-corrected chi connectivity index (χ4v) is 3.03. The van der Waals surface area contributed by atoms with Crippen LogP contribution in [0.3, 0.4) is 0 Å². The Morgan fingerprint density at radius 2 is 2.04 bits per heavy atom. The van der Waals surface area contributed by atoms with Crippen LogP contribution >= 0.6 is 23.2 Å². The molecule has 0 aliphatic carbocycles. The number of amides is 1. The molecule has 1 aliphatic rings. The fraction of sp³-hybridized carbons (Fsp3) is 0.222. The molecule has 0 N–H and O–H groups in total. The molecule has 0 atom stereocenters. The molecule has 0 aromatic heterocycles. The van der Waals surface area contributed by atoms with Crippen LogP contribution in [0.4, 0.5) is 0 Å². The maximum absolute atomic E-state index is 12.4. The molecule has 0 fully saturated rings. The first-order valence-corrected chi connectivity index (χ1v) is 8.17. The average molecular weight is 347 g/mol. The van der Waals surface area contributed by atoms with Crippen LogP contribution in [0.15, 0.2) is 47.6 Å². The summed E-state index contributed by atoms with van der Waals surface area (Å²) >= 11 is 12.2. The summed E-state index contributed by atoms with van der Waals surface area (Å²) in [6.45, 7) is 2.59. The van der Waals surface area contributed by atoms with Gasteiger partial charge in [-0.15, -0.1) is 0 Å². The smallest absolute Gasteiger partial charge is 0.247 e. The summed E-state index contributed by atoms with van der Waals surface area (Å²) < 4.78 is 0. The molecule has 5 heteroatoms. The average Bonchev–Trinajstić information content (AvgIpc) is 2.99. The van der Waals surface area contributed by atoms with E-state index in [2.05, 4.69) is 5.10 Å².